The fourth-order valence-corrected chi connectivity index (χ4v) is 2.48. The van der Waals surface area contributed by atoms with E-state index in [0.717, 1.165) is 23.5 Å². The van der Waals surface area contributed by atoms with Gasteiger partial charge in [-0.2, -0.15) is 16.8 Å². The molecule has 0 aliphatic carbocycles. The molecule has 0 fully saturated rings. The first-order valence-corrected chi connectivity index (χ1v) is 8.37. The minimum atomic E-state index is -3.40. The molecule has 0 spiro atoms. The first-order valence-electron chi connectivity index (χ1n) is 5.43. The minimum Gasteiger partial charge on any atom is -0.387 e. The summed E-state index contributed by atoms with van der Waals surface area (Å²) < 4.78 is 51.0. The lowest BCUT2D eigenvalue weighted by Crippen LogP contribution is -2.04. The second-order valence-corrected chi connectivity index (χ2v) is 6.41. The number of rotatable bonds is 2. The van der Waals surface area contributed by atoms with Crippen molar-refractivity contribution in [3.05, 3.63) is 47.1 Å². The Morgan fingerprint density at radius 2 is 1.68 bits per heavy atom. The Labute approximate surface area is 113 Å². The van der Waals surface area contributed by atoms with Crippen molar-refractivity contribution in [2.75, 3.05) is 0 Å². The van der Waals surface area contributed by atoms with Crippen LogP contribution in [0.2, 0.25) is 0 Å². The van der Waals surface area contributed by atoms with Crippen LogP contribution in [0.3, 0.4) is 0 Å². The van der Waals surface area contributed by atoms with E-state index in [2.05, 4.69) is 8.37 Å². The molecule has 0 aromatic heterocycles. The van der Waals surface area contributed by atoms with Gasteiger partial charge in [0.1, 0.15) is 12.0 Å². The van der Waals surface area contributed by atoms with Gasteiger partial charge in [-0.15, -0.1) is 0 Å². The zero-order chi connectivity index (χ0) is 14.4. The highest BCUT2D eigenvalue weighted by Gasteiger charge is 2.12. The molecule has 2 aliphatic heterocycles. The van der Waals surface area contributed by atoms with Gasteiger partial charge in [-0.05, 0) is 30.7 Å². The number of hydrogen-bond donors (Lipinski definition) is 0. The van der Waals surface area contributed by atoms with Crippen LogP contribution < -0.4 is 0 Å². The maximum absolute atomic E-state index is 10.8. The minimum absolute atomic E-state index is 0.523. The third-order valence-corrected chi connectivity index (χ3v) is 3.68. The van der Waals surface area contributed by atoms with E-state index in [0.29, 0.717) is 12.2 Å². The van der Waals surface area contributed by atoms with E-state index in [1.165, 1.54) is 18.2 Å². The Kier molecular flexibility index (Phi) is 5.37. The second-order valence-electron chi connectivity index (χ2n) is 3.53. The van der Waals surface area contributed by atoms with Crippen molar-refractivity contribution in [1.82, 2.24) is 0 Å². The predicted octanol–water partition coefficient (Wildman–Crippen LogP) is 1.92. The van der Waals surface area contributed by atoms with Crippen LogP contribution in [-0.4, -0.2) is 16.8 Å². The van der Waals surface area contributed by atoms with Gasteiger partial charge in [0.15, 0.2) is 0 Å². The second kappa shape index (κ2) is 6.58. The first-order chi connectivity index (χ1) is 8.85. The van der Waals surface area contributed by atoms with E-state index in [-0.39, 0.29) is 0 Å². The quantitative estimate of drug-likeness (QED) is 0.724. The van der Waals surface area contributed by atoms with Crippen molar-refractivity contribution >= 4 is 20.2 Å². The molecule has 8 heteroatoms. The molecule has 0 atom stereocenters. The van der Waals surface area contributed by atoms with Crippen molar-refractivity contribution in [1.29, 1.82) is 0 Å². The Morgan fingerprint density at radius 1 is 1.00 bits per heavy atom. The molecule has 0 aromatic rings. The van der Waals surface area contributed by atoms with Crippen LogP contribution >= 0.6 is 0 Å². The van der Waals surface area contributed by atoms with E-state index < -0.39 is 20.2 Å². The summed E-state index contributed by atoms with van der Waals surface area (Å²) in [6.07, 6.45) is 8.74. The smallest absolute Gasteiger partial charge is 0.331 e. The Bertz CT molecular complexity index is 620. The van der Waals surface area contributed by atoms with Gasteiger partial charge in [-0.25, -0.2) is 0 Å². The largest absolute Gasteiger partial charge is 0.387 e. The fraction of sp³-hybridized carbons (Fsp3) is 0.273. The summed E-state index contributed by atoms with van der Waals surface area (Å²) in [5.74, 6) is 0.523. The molecule has 0 unspecified atom stereocenters. The molecule has 2 rings (SSSR count). The van der Waals surface area contributed by atoms with Gasteiger partial charge in [-0.1, -0.05) is 6.92 Å². The topological polar surface area (TPSA) is 86.7 Å². The van der Waals surface area contributed by atoms with Gasteiger partial charge < -0.3 is 8.37 Å². The molecule has 2 aliphatic rings. The van der Waals surface area contributed by atoms with Crippen molar-refractivity contribution < 1.29 is 25.2 Å². The third kappa shape index (κ3) is 6.25. The molecule has 106 valence electrons. The highest BCUT2D eigenvalue weighted by molar-refractivity contribution is 7.90. The van der Waals surface area contributed by atoms with Crippen molar-refractivity contribution in [3.8, 4) is 0 Å². The normalized spacial score (nSPS) is 21.4. The monoisotopic (exact) mass is 306 g/mol. The summed E-state index contributed by atoms with van der Waals surface area (Å²) in [6, 6.07) is 0. The van der Waals surface area contributed by atoms with Gasteiger partial charge in [0.05, 0.1) is 10.8 Å². The van der Waals surface area contributed by atoms with Gasteiger partial charge in [0.2, 0.25) is 0 Å². The molecule has 0 radical (unpaired) electrons. The molecule has 0 saturated heterocycles. The Balaban J connectivity index is 0.000000200. The van der Waals surface area contributed by atoms with E-state index in [1.54, 1.807) is 6.08 Å². The zero-order valence-corrected chi connectivity index (χ0v) is 11.9. The lowest BCUT2D eigenvalue weighted by atomic mass is 10.3. The summed E-state index contributed by atoms with van der Waals surface area (Å²) in [7, 11) is -6.75. The van der Waals surface area contributed by atoms with Crippen LogP contribution in [0.25, 0.3) is 0 Å². The van der Waals surface area contributed by atoms with Crippen molar-refractivity contribution in [3.63, 3.8) is 0 Å². The summed E-state index contributed by atoms with van der Waals surface area (Å²) in [5, 5.41) is 2.04. The first kappa shape index (κ1) is 15.5. The Morgan fingerprint density at radius 3 is 2.11 bits per heavy atom. The molecule has 0 bridgehead atoms. The third-order valence-electron chi connectivity index (χ3n) is 1.87. The summed E-state index contributed by atoms with van der Waals surface area (Å²) in [6.45, 7) is 1.97. The highest BCUT2D eigenvalue weighted by atomic mass is 32.2. The number of hydrogen-bond acceptors (Lipinski definition) is 6. The molecule has 0 saturated carbocycles. The van der Waals surface area contributed by atoms with Crippen LogP contribution in [0.5, 0.6) is 0 Å². The van der Waals surface area contributed by atoms with Crippen molar-refractivity contribution in [2.45, 2.75) is 19.8 Å². The molecular formula is C11H14O6S2. The summed E-state index contributed by atoms with van der Waals surface area (Å²) in [4.78, 5) is 0. The molecule has 0 aromatic carbocycles. The maximum atomic E-state index is 10.8. The zero-order valence-electron chi connectivity index (χ0n) is 10.2. The average Bonchev–Trinajstić information content (AvgIpc) is 2.28. The average molecular weight is 306 g/mol. The highest BCUT2D eigenvalue weighted by Crippen LogP contribution is 2.15. The van der Waals surface area contributed by atoms with Crippen LogP contribution in [0.4, 0.5) is 0 Å². The summed E-state index contributed by atoms with van der Waals surface area (Å²) >= 11 is 0. The SMILES string of the molecule is CCCC1=CC=CS(=O)(=O)O1.O=S1(=O)C=CC=CO1. The van der Waals surface area contributed by atoms with Gasteiger partial charge in [0, 0.05) is 6.42 Å². The van der Waals surface area contributed by atoms with Crippen LogP contribution in [0, 0.1) is 0 Å². The molecule has 0 amide bonds. The molecule has 0 N–H and O–H groups in total. The Hall–Kier alpha value is -1.54. The van der Waals surface area contributed by atoms with E-state index in [1.807, 2.05) is 6.92 Å². The fourth-order valence-electron chi connectivity index (χ4n) is 1.15. The molecule has 2 heterocycles. The van der Waals surface area contributed by atoms with Gasteiger partial charge in [0.25, 0.3) is 0 Å². The molecular weight excluding hydrogens is 292 g/mol. The number of allylic oxidation sites excluding steroid dienone is 5. The van der Waals surface area contributed by atoms with Crippen LogP contribution in [-0.2, 0) is 28.6 Å². The molecule has 19 heavy (non-hydrogen) atoms. The molecule has 6 nitrogen and oxygen atoms in total. The van der Waals surface area contributed by atoms with E-state index in [9.17, 15) is 16.8 Å². The maximum Gasteiger partial charge on any atom is 0.331 e. The lowest BCUT2D eigenvalue weighted by molar-refractivity contribution is 0.394. The van der Waals surface area contributed by atoms with E-state index >= 15 is 0 Å². The standard InChI is InChI=1S/C7H10O3S.C4H4O3S/c1-2-4-7-5-3-6-11(8,9)10-7;5-8(6)4-2-1-3-7-8/h3,5-6H,2,4H2,1H3;1-4H. The summed E-state index contributed by atoms with van der Waals surface area (Å²) in [5.41, 5.74) is 0. The van der Waals surface area contributed by atoms with Gasteiger partial charge in [-0.3, -0.25) is 0 Å². The van der Waals surface area contributed by atoms with E-state index in [4.69, 9.17) is 0 Å². The van der Waals surface area contributed by atoms with Crippen LogP contribution in [0.1, 0.15) is 19.8 Å². The van der Waals surface area contributed by atoms with Crippen LogP contribution in [0.15, 0.2) is 47.1 Å². The lowest BCUT2D eigenvalue weighted by Gasteiger charge is -2.08. The van der Waals surface area contributed by atoms with Gasteiger partial charge >= 0.3 is 20.2 Å². The predicted molar refractivity (Wildman–Crippen MR) is 70.4 cm³/mol. The van der Waals surface area contributed by atoms with Crippen molar-refractivity contribution in [2.24, 2.45) is 0 Å².